The van der Waals surface area contributed by atoms with Crippen molar-refractivity contribution in [2.24, 2.45) is 0 Å². The van der Waals surface area contributed by atoms with Crippen molar-refractivity contribution in [3.63, 3.8) is 0 Å². The van der Waals surface area contributed by atoms with Gasteiger partial charge in [0.15, 0.2) is 0 Å². The summed E-state index contributed by atoms with van der Waals surface area (Å²) in [7, 11) is 0. The number of fused-ring (bicyclic) bond motifs is 2. The molecule has 2 saturated heterocycles. The highest BCUT2D eigenvalue weighted by Crippen LogP contribution is 2.33. The lowest BCUT2D eigenvalue weighted by Gasteiger charge is -2.27. The number of morpholine rings is 2. The molecule has 10 rings (SSSR count). The number of hydrogen-bond acceptors (Lipinski definition) is 16. The molecule has 2 aliphatic heterocycles. The summed E-state index contributed by atoms with van der Waals surface area (Å²) < 4.78 is 39.7. The molecule has 0 spiro atoms. The van der Waals surface area contributed by atoms with E-state index in [-0.39, 0.29) is 34.9 Å². The minimum Gasteiger partial charge on any atom is -0.383 e. The van der Waals surface area contributed by atoms with Crippen LogP contribution in [0.1, 0.15) is 0 Å². The molecule has 0 aliphatic carbocycles. The number of rotatable bonds is 8. The Labute approximate surface area is 364 Å². The second-order valence-electron chi connectivity index (χ2n) is 14.3. The fraction of sp³-hybridized carbons (Fsp3) is 0.182. The molecule has 16 nitrogen and oxygen atoms in total. The molecule has 0 bridgehead atoms. The SMILES string of the molecule is Nc1nc(Nc2ccc(N3CCOCC3)nc2)nc2c(-c3cc(Cl)ccc3F)nccc12.Nc1nc(Nc2ccc(N3CCOCC3)nc2)nc2c(-c3ccccc3F)nccc12. The first kappa shape index (κ1) is 41.0. The lowest BCUT2D eigenvalue weighted by Crippen LogP contribution is -2.36. The highest BCUT2D eigenvalue weighted by Gasteiger charge is 2.18. The van der Waals surface area contributed by atoms with Crippen LogP contribution in [0.2, 0.25) is 5.02 Å². The number of benzene rings is 2. The lowest BCUT2D eigenvalue weighted by molar-refractivity contribution is 0.122. The molecule has 8 heterocycles. The summed E-state index contributed by atoms with van der Waals surface area (Å²) in [5.74, 6) is 2.01. The Hall–Kier alpha value is -7.41. The van der Waals surface area contributed by atoms with Crippen molar-refractivity contribution in [1.29, 1.82) is 0 Å². The number of nitrogens with one attached hydrogen (secondary N) is 2. The number of nitrogen functional groups attached to an aromatic ring is 2. The molecule has 6 aromatic heterocycles. The van der Waals surface area contributed by atoms with Crippen LogP contribution < -0.4 is 31.9 Å². The number of nitrogens with two attached hydrogens (primary N) is 2. The van der Waals surface area contributed by atoms with E-state index in [1.165, 1.54) is 24.3 Å². The van der Waals surface area contributed by atoms with Crippen molar-refractivity contribution in [2.75, 3.05) is 84.5 Å². The van der Waals surface area contributed by atoms with E-state index >= 15 is 0 Å². The maximum absolute atomic E-state index is 14.5. The van der Waals surface area contributed by atoms with Crippen molar-refractivity contribution in [3.05, 3.63) is 120 Å². The third-order valence-electron chi connectivity index (χ3n) is 10.3. The zero-order valence-corrected chi connectivity index (χ0v) is 34.3. The fourth-order valence-corrected chi connectivity index (χ4v) is 7.31. The number of nitrogens with zero attached hydrogens (tertiary/aromatic N) is 10. The normalized spacial score (nSPS) is 14.0. The largest absolute Gasteiger partial charge is 0.383 e. The summed E-state index contributed by atoms with van der Waals surface area (Å²) in [5.41, 5.74) is 16.0. The maximum Gasteiger partial charge on any atom is 0.229 e. The van der Waals surface area contributed by atoms with Crippen molar-refractivity contribution < 1.29 is 18.3 Å². The fourth-order valence-electron chi connectivity index (χ4n) is 7.13. The van der Waals surface area contributed by atoms with Gasteiger partial charge in [-0.2, -0.15) is 9.97 Å². The zero-order chi connectivity index (χ0) is 43.3. The highest BCUT2D eigenvalue weighted by molar-refractivity contribution is 6.30. The summed E-state index contributed by atoms with van der Waals surface area (Å²) in [6, 6.07) is 21.8. The van der Waals surface area contributed by atoms with Crippen LogP contribution in [0.15, 0.2) is 104 Å². The van der Waals surface area contributed by atoms with Gasteiger partial charge in [0.2, 0.25) is 11.9 Å². The summed E-state index contributed by atoms with van der Waals surface area (Å²) in [6.07, 6.45) is 6.54. The van der Waals surface area contributed by atoms with Gasteiger partial charge in [-0.25, -0.2) is 28.7 Å². The first-order valence-electron chi connectivity index (χ1n) is 19.9. The van der Waals surface area contributed by atoms with Gasteiger partial charge in [0, 0.05) is 65.5 Å². The first-order valence-corrected chi connectivity index (χ1v) is 20.3. The van der Waals surface area contributed by atoms with Crippen molar-refractivity contribution in [2.45, 2.75) is 0 Å². The molecule has 0 unspecified atom stereocenters. The van der Waals surface area contributed by atoms with E-state index in [1.807, 2.05) is 24.3 Å². The van der Waals surface area contributed by atoms with Gasteiger partial charge in [0.05, 0.1) is 61.6 Å². The van der Waals surface area contributed by atoms with E-state index in [2.05, 4.69) is 60.3 Å². The van der Waals surface area contributed by atoms with Crippen molar-refractivity contribution in [1.82, 2.24) is 39.9 Å². The lowest BCUT2D eigenvalue weighted by atomic mass is 10.1. The number of hydrogen-bond donors (Lipinski definition) is 4. The van der Waals surface area contributed by atoms with Gasteiger partial charge in [-0.1, -0.05) is 23.7 Å². The third-order valence-corrected chi connectivity index (χ3v) is 10.5. The van der Waals surface area contributed by atoms with Crippen LogP contribution in [0.3, 0.4) is 0 Å². The number of pyridine rings is 4. The number of aromatic nitrogens is 8. The van der Waals surface area contributed by atoms with E-state index < -0.39 is 5.82 Å². The summed E-state index contributed by atoms with van der Waals surface area (Å²) in [5, 5.41) is 7.82. The Morgan fingerprint density at radius 1 is 0.556 bits per heavy atom. The van der Waals surface area contributed by atoms with E-state index in [1.54, 1.807) is 55.1 Å². The Bertz CT molecular complexity index is 2900. The quantitative estimate of drug-likeness (QED) is 0.117. The maximum atomic E-state index is 14.5. The standard InChI is InChI=1S/C22H19ClFN7O.C22H20FN7O/c23-13-1-3-17(24)16(11-13)19-20-15(5-6-26-19)21(25)30-22(29-20)28-14-2-4-18(27-12-14)31-7-9-32-10-8-31;23-17-4-2-1-3-15(17)19-20-16(7-8-25-19)21(24)29-22(28-20)27-14-5-6-18(26-13-14)30-9-11-31-12-10-30/h1-6,11-12H,7-10H2,(H3,25,28,29,30);1-8,13H,9-12H2,(H3,24,27,28,29). The molecule has 2 aliphatic rings. The minimum atomic E-state index is -0.455. The van der Waals surface area contributed by atoms with Gasteiger partial charge in [-0.3, -0.25) is 9.97 Å². The molecule has 2 fully saturated rings. The predicted octanol–water partition coefficient (Wildman–Crippen LogP) is 7.43. The smallest absolute Gasteiger partial charge is 0.229 e. The van der Waals surface area contributed by atoms with Crippen LogP contribution in [0.25, 0.3) is 44.3 Å². The van der Waals surface area contributed by atoms with Gasteiger partial charge in [0.25, 0.3) is 0 Å². The number of ether oxygens (including phenoxy) is 2. The molecule has 8 aromatic rings. The van der Waals surface area contributed by atoms with Crippen LogP contribution in [-0.2, 0) is 9.47 Å². The van der Waals surface area contributed by atoms with E-state index in [4.69, 9.17) is 32.5 Å². The number of anilines is 8. The molecule has 63 heavy (non-hydrogen) atoms. The first-order chi connectivity index (χ1) is 30.8. The second kappa shape index (κ2) is 18.3. The van der Waals surface area contributed by atoms with Crippen molar-refractivity contribution >= 4 is 79.9 Å². The molecule has 0 saturated carbocycles. The second-order valence-corrected chi connectivity index (χ2v) is 14.8. The van der Waals surface area contributed by atoms with Crippen LogP contribution in [-0.4, -0.2) is 92.5 Å². The average Bonchev–Trinajstić information content (AvgIpc) is 3.31. The van der Waals surface area contributed by atoms with E-state index in [9.17, 15) is 8.78 Å². The Kier molecular flexibility index (Phi) is 11.9. The van der Waals surface area contributed by atoms with E-state index in [0.29, 0.717) is 81.6 Å². The molecular formula is C44H39ClF2N14O2. The Morgan fingerprint density at radius 3 is 1.54 bits per heavy atom. The van der Waals surface area contributed by atoms with Crippen LogP contribution in [0.4, 0.5) is 55.3 Å². The molecule has 2 aromatic carbocycles. The van der Waals surface area contributed by atoms with Crippen LogP contribution in [0.5, 0.6) is 0 Å². The summed E-state index contributed by atoms with van der Waals surface area (Å²) in [6.45, 7) is 6.02. The van der Waals surface area contributed by atoms with E-state index in [0.717, 1.165) is 37.8 Å². The molecule has 0 amide bonds. The minimum absolute atomic E-state index is 0.240. The predicted molar refractivity (Wildman–Crippen MR) is 240 cm³/mol. The third kappa shape index (κ3) is 9.13. The Morgan fingerprint density at radius 2 is 1.05 bits per heavy atom. The monoisotopic (exact) mass is 868 g/mol. The molecule has 318 valence electrons. The van der Waals surface area contributed by atoms with Gasteiger partial charge < -0.3 is 41.4 Å². The summed E-state index contributed by atoms with van der Waals surface area (Å²) >= 11 is 6.08. The van der Waals surface area contributed by atoms with Gasteiger partial charge in [-0.15, -0.1) is 0 Å². The molecule has 19 heteroatoms. The molecular weight excluding hydrogens is 830 g/mol. The topological polar surface area (TPSA) is 204 Å². The molecule has 0 radical (unpaired) electrons. The summed E-state index contributed by atoms with van der Waals surface area (Å²) in [4.78, 5) is 39.9. The number of halogens is 3. The average molecular weight is 869 g/mol. The molecule has 6 N–H and O–H groups in total. The van der Waals surface area contributed by atoms with Gasteiger partial charge in [0.1, 0.15) is 45.9 Å². The zero-order valence-electron chi connectivity index (χ0n) is 33.5. The molecule has 0 atom stereocenters. The van der Waals surface area contributed by atoms with Crippen LogP contribution in [0, 0.1) is 11.6 Å². The van der Waals surface area contributed by atoms with Crippen molar-refractivity contribution in [3.8, 4) is 22.5 Å². The highest BCUT2D eigenvalue weighted by atomic mass is 35.5. The van der Waals surface area contributed by atoms with Crippen LogP contribution >= 0.6 is 11.6 Å². The van der Waals surface area contributed by atoms with Gasteiger partial charge in [-0.05, 0) is 66.7 Å². The van der Waals surface area contributed by atoms with Gasteiger partial charge >= 0.3 is 0 Å². The Balaban J connectivity index is 0.000000160.